The van der Waals surface area contributed by atoms with Crippen LogP contribution in [0.5, 0.6) is 0 Å². The standard InChI is InChI=1S/C14H10Cl3N3/c1-7-8(2)19-20-13(17)11(12(16)18-14(7)20)9-3-5-10(15)6-4-9/h3-6H,1-2H3. The van der Waals surface area contributed by atoms with E-state index in [1.807, 2.05) is 26.0 Å². The van der Waals surface area contributed by atoms with E-state index in [0.29, 0.717) is 26.5 Å². The summed E-state index contributed by atoms with van der Waals surface area (Å²) in [7, 11) is 0. The van der Waals surface area contributed by atoms with Crippen molar-refractivity contribution in [2.75, 3.05) is 0 Å². The van der Waals surface area contributed by atoms with Crippen LogP contribution in [0.4, 0.5) is 0 Å². The van der Waals surface area contributed by atoms with Crippen LogP contribution in [-0.2, 0) is 0 Å². The normalized spacial score (nSPS) is 11.2. The van der Waals surface area contributed by atoms with Gasteiger partial charge in [0.25, 0.3) is 0 Å². The molecule has 2 aromatic heterocycles. The van der Waals surface area contributed by atoms with Crippen molar-refractivity contribution in [3.63, 3.8) is 0 Å². The van der Waals surface area contributed by atoms with Crippen LogP contribution in [-0.4, -0.2) is 14.6 Å². The topological polar surface area (TPSA) is 30.2 Å². The summed E-state index contributed by atoms with van der Waals surface area (Å²) in [6.07, 6.45) is 0. The van der Waals surface area contributed by atoms with Crippen LogP contribution in [0.3, 0.4) is 0 Å². The highest BCUT2D eigenvalue weighted by Gasteiger charge is 2.17. The lowest BCUT2D eigenvalue weighted by atomic mass is 10.1. The summed E-state index contributed by atoms with van der Waals surface area (Å²) in [4.78, 5) is 4.40. The highest BCUT2D eigenvalue weighted by molar-refractivity contribution is 6.38. The van der Waals surface area contributed by atoms with Crippen LogP contribution in [0.25, 0.3) is 16.8 Å². The zero-order valence-corrected chi connectivity index (χ0v) is 13.1. The maximum Gasteiger partial charge on any atom is 0.161 e. The lowest BCUT2D eigenvalue weighted by Gasteiger charge is -2.08. The van der Waals surface area contributed by atoms with Gasteiger partial charge in [0.15, 0.2) is 5.65 Å². The molecule has 2 heterocycles. The fourth-order valence-electron chi connectivity index (χ4n) is 2.06. The van der Waals surface area contributed by atoms with E-state index in [0.717, 1.165) is 16.8 Å². The third-order valence-corrected chi connectivity index (χ3v) is 4.14. The molecule has 0 atom stereocenters. The summed E-state index contributed by atoms with van der Waals surface area (Å²) < 4.78 is 1.61. The van der Waals surface area contributed by atoms with Crippen molar-refractivity contribution in [2.45, 2.75) is 13.8 Å². The molecule has 0 aliphatic heterocycles. The van der Waals surface area contributed by atoms with Gasteiger partial charge in [-0.2, -0.15) is 5.10 Å². The van der Waals surface area contributed by atoms with Crippen LogP contribution in [0.15, 0.2) is 24.3 Å². The van der Waals surface area contributed by atoms with E-state index in [9.17, 15) is 0 Å². The van der Waals surface area contributed by atoms with Crippen LogP contribution >= 0.6 is 34.8 Å². The molecule has 0 bridgehead atoms. The molecule has 0 aliphatic rings. The number of aryl methyl sites for hydroxylation is 2. The molecule has 0 saturated heterocycles. The fraction of sp³-hybridized carbons (Fsp3) is 0.143. The summed E-state index contributed by atoms with van der Waals surface area (Å²) in [6.45, 7) is 3.86. The van der Waals surface area contributed by atoms with E-state index < -0.39 is 0 Å². The van der Waals surface area contributed by atoms with Gasteiger partial charge in [-0.1, -0.05) is 46.9 Å². The molecule has 6 heteroatoms. The molecule has 0 aliphatic carbocycles. The van der Waals surface area contributed by atoms with E-state index in [1.54, 1.807) is 16.6 Å². The van der Waals surface area contributed by atoms with Crippen LogP contribution in [0.2, 0.25) is 15.3 Å². The van der Waals surface area contributed by atoms with Crippen LogP contribution in [0, 0.1) is 13.8 Å². The lowest BCUT2D eigenvalue weighted by molar-refractivity contribution is 0.919. The first kappa shape index (κ1) is 13.7. The number of halogens is 3. The smallest absolute Gasteiger partial charge is 0.161 e. The highest BCUT2D eigenvalue weighted by Crippen LogP contribution is 2.35. The zero-order chi connectivity index (χ0) is 14.4. The van der Waals surface area contributed by atoms with Gasteiger partial charge in [-0.25, -0.2) is 9.50 Å². The quantitative estimate of drug-likeness (QED) is 0.591. The molecule has 0 amide bonds. The second kappa shape index (κ2) is 4.92. The molecule has 0 N–H and O–H groups in total. The highest BCUT2D eigenvalue weighted by atomic mass is 35.5. The Kier molecular flexibility index (Phi) is 3.36. The largest absolute Gasteiger partial charge is 0.216 e. The summed E-state index contributed by atoms with van der Waals surface area (Å²) in [5.74, 6) is 0. The minimum atomic E-state index is 0.354. The lowest BCUT2D eigenvalue weighted by Crippen LogP contribution is -1.97. The number of aromatic nitrogens is 3. The Bertz CT molecular complexity index is 807. The van der Waals surface area contributed by atoms with E-state index in [4.69, 9.17) is 34.8 Å². The van der Waals surface area contributed by atoms with E-state index in [-0.39, 0.29) is 0 Å². The van der Waals surface area contributed by atoms with Crippen LogP contribution in [0.1, 0.15) is 11.3 Å². The zero-order valence-electron chi connectivity index (χ0n) is 10.8. The number of nitrogens with zero attached hydrogens (tertiary/aromatic N) is 3. The minimum absolute atomic E-state index is 0.354. The molecular formula is C14H10Cl3N3. The van der Waals surface area contributed by atoms with Gasteiger partial charge in [0, 0.05) is 10.6 Å². The average Bonchev–Trinajstić information content (AvgIpc) is 2.69. The van der Waals surface area contributed by atoms with Gasteiger partial charge in [0.05, 0.1) is 11.3 Å². The van der Waals surface area contributed by atoms with Gasteiger partial charge in [-0.15, -0.1) is 0 Å². The Balaban J connectivity index is 2.34. The molecule has 20 heavy (non-hydrogen) atoms. The van der Waals surface area contributed by atoms with Crippen molar-refractivity contribution in [3.8, 4) is 11.1 Å². The first-order chi connectivity index (χ1) is 9.49. The molecule has 1 aromatic carbocycles. The van der Waals surface area contributed by atoms with Crippen molar-refractivity contribution in [1.82, 2.24) is 14.6 Å². The fourth-order valence-corrected chi connectivity index (χ4v) is 2.83. The molecule has 0 fully saturated rings. The number of fused-ring (bicyclic) bond motifs is 1. The average molecular weight is 327 g/mol. The van der Waals surface area contributed by atoms with E-state index in [2.05, 4.69) is 10.1 Å². The molecule has 3 nitrogen and oxygen atoms in total. The number of rotatable bonds is 1. The summed E-state index contributed by atoms with van der Waals surface area (Å²) >= 11 is 18.6. The summed E-state index contributed by atoms with van der Waals surface area (Å²) in [6, 6.07) is 7.28. The monoisotopic (exact) mass is 325 g/mol. The molecule has 102 valence electrons. The first-order valence-corrected chi connectivity index (χ1v) is 7.09. The van der Waals surface area contributed by atoms with Gasteiger partial charge < -0.3 is 0 Å². The molecular weight excluding hydrogens is 317 g/mol. The van der Waals surface area contributed by atoms with Gasteiger partial charge >= 0.3 is 0 Å². The Labute approximate surface area is 131 Å². The summed E-state index contributed by atoms with van der Waals surface area (Å²) in [5.41, 5.74) is 4.03. The van der Waals surface area contributed by atoms with Crippen molar-refractivity contribution >= 4 is 40.4 Å². The number of hydrogen-bond donors (Lipinski definition) is 0. The maximum atomic E-state index is 6.45. The third kappa shape index (κ3) is 2.06. The van der Waals surface area contributed by atoms with Gasteiger partial charge in [0.2, 0.25) is 0 Å². The second-order valence-corrected chi connectivity index (χ2v) is 5.67. The number of benzene rings is 1. The third-order valence-electron chi connectivity index (χ3n) is 3.26. The second-order valence-electron chi connectivity index (χ2n) is 4.52. The SMILES string of the molecule is Cc1nn2c(Cl)c(-c3ccc(Cl)cc3)c(Cl)nc2c1C. The molecule has 3 aromatic rings. The van der Waals surface area contributed by atoms with E-state index in [1.165, 1.54) is 0 Å². The Hall–Kier alpha value is -1.29. The molecule has 0 saturated carbocycles. The predicted molar refractivity (Wildman–Crippen MR) is 82.9 cm³/mol. The van der Waals surface area contributed by atoms with Gasteiger partial charge in [-0.05, 0) is 31.5 Å². The number of hydrogen-bond acceptors (Lipinski definition) is 2. The molecule has 3 rings (SSSR count). The van der Waals surface area contributed by atoms with Crippen molar-refractivity contribution < 1.29 is 0 Å². The van der Waals surface area contributed by atoms with Crippen molar-refractivity contribution in [2.24, 2.45) is 0 Å². The van der Waals surface area contributed by atoms with Gasteiger partial charge in [-0.3, -0.25) is 0 Å². The predicted octanol–water partition coefficient (Wildman–Crippen LogP) is 4.97. The van der Waals surface area contributed by atoms with Crippen molar-refractivity contribution in [3.05, 3.63) is 50.9 Å². The van der Waals surface area contributed by atoms with Crippen LogP contribution < -0.4 is 0 Å². The minimum Gasteiger partial charge on any atom is -0.216 e. The Morgan fingerprint density at radius 3 is 2.30 bits per heavy atom. The van der Waals surface area contributed by atoms with E-state index >= 15 is 0 Å². The van der Waals surface area contributed by atoms with Gasteiger partial charge in [0.1, 0.15) is 10.3 Å². The summed E-state index contributed by atoms with van der Waals surface area (Å²) in [5, 5.41) is 5.85. The Morgan fingerprint density at radius 1 is 1.00 bits per heavy atom. The molecule has 0 unspecified atom stereocenters. The molecule has 0 spiro atoms. The first-order valence-electron chi connectivity index (χ1n) is 5.96. The van der Waals surface area contributed by atoms with Crippen molar-refractivity contribution in [1.29, 1.82) is 0 Å². The molecule has 0 radical (unpaired) electrons. The maximum absolute atomic E-state index is 6.45. The Morgan fingerprint density at radius 2 is 1.65 bits per heavy atom.